The Morgan fingerprint density at radius 3 is 2.63 bits per heavy atom. The second kappa shape index (κ2) is 4.99. The van der Waals surface area contributed by atoms with E-state index in [2.05, 4.69) is 31.8 Å². The molecule has 0 heterocycles. The van der Waals surface area contributed by atoms with Crippen molar-refractivity contribution < 1.29 is 9.16 Å². The Morgan fingerprint density at radius 1 is 1.32 bits per heavy atom. The Bertz CT molecular complexity index is 516. The quantitative estimate of drug-likeness (QED) is 0.795. The van der Waals surface area contributed by atoms with Crippen molar-refractivity contribution >= 4 is 8.32 Å². The summed E-state index contributed by atoms with van der Waals surface area (Å²) in [6.45, 7) is 6.40. The van der Waals surface area contributed by atoms with Gasteiger partial charge in [-0.1, -0.05) is 12.1 Å². The van der Waals surface area contributed by atoms with Crippen LogP contribution < -0.4 is 4.74 Å². The lowest BCUT2D eigenvalue weighted by Crippen LogP contribution is -2.45. The van der Waals surface area contributed by atoms with Crippen LogP contribution in [0.15, 0.2) is 18.2 Å². The SMILES string of the molecule is COc1cccc2c1CCC(C#N)(O[Si](C)(C)C)C2. The predicted octanol–water partition coefficient (Wildman–Crippen LogP) is 3.30. The van der Waals surface area contributed by atoms with Crippen molar-refractivity contribution in [3.8, 4) is 11.8 Å². The van der Waals surface area contributed by atoms with E-state index in [1.807, 2.05) is 12.1 Å². The molecule has 0 saturated heterocycles. The van der Waals surface area contributed by atoms with E-state index < -0.39 is 13.9 Å². The molecule has 0 bridgehead atoms. The summed E-state index contributed by atoms with van der Waals surface area (Å²) in [5, 5.41) is 9.57. The molecule has 19 heavy (non-hydrogen) atoms. The Morgan fingerprint density at radius 2 is 2.05 bits per heavy atom. The second-order valence-corrected chi connectivity index (χ2v) is 10.5. The summed E-state index contributed by atoms with van der Waals surface area (Å²) in [5.74, 6) is 0.928. The number of ether oxygens (including phenoxy) is 1. The highest BCUT2D eigenvalue weighted by Gasteiger charge is 2.40. The minimum Gasteiger partial charge on any atom is -0.496 e. The Balaban J connectivity index is 2.33. The van der Waals surface area contributed by atoms with Crippen molar-refractivity contribution in [1.82, 2.24) is 0 Å². The molecule has 1 aliphatic carbocycles. The predicted molar refractivity (Wildman–Crippen MR) is 77.8 cm³/mol. The van der Waals surface area contributed by atoms with Crippen molar-refractivity contribution in [3.05, 3.63) is 29.3 Å². The van der Waals surface area contributed by atoms with Crippen LogP contribution in [0.25, 0.3) is 0 Å². The lowest BCUT2D eigenvalue weighted by atomic mass is 9.81. The fraction of sp³-hybridized carbons (Fsp3) is 0.533. The Kier molecular flexibility index (Phi) is 3.70. The minimum absolute atomic E-state index is 0.649. The molecule has 0 fully saturated rings. The van der Waals surface area contributed by atoms with E-state index in [0.717, 1.165) is 18.6 Å². The number of hydrogen-bond donors (Lipinski definition) is 0. The Hall–Kier alpha value is -1.31. The van der Waals surface area contributed by atoms with E-state index in [-0.39, 0.29) is 0 Å². The van der Waals surface area contributed by atoms with Gasteiger partial charge < -0.3 is 9.16 Å². The molecule has 4 heteroatoms. The van der Waals surface area contributed by atoms with Gasteiger partial charge in [0.1, 0.15) is 11.4 Å². The summed E-state index contributed by atoms with van der Waals surface area (Å²) in [6, 6.07) is 8.47. The zero-order valence-electron chi connectivity index (χ0n) is 12.1. The maximum absolute atomic E-state index is 9.57. The summed E-state index contributed by atoms with van der Waals surface area (Å²) < 4.78 is 11.6. The van der Waals surface area contributed by atoms with E-state index in [1.165, 1.54) is 11.1 Å². The van der Waals surface area contributed by atoms with Crippen LogP contribution in [0.2, 0.25) is 19.6 Å². The largest absolute Gasteiger partial charge is 0.496 e. The summed E-state index contributed by atoms with van der Waals surface area (Å²) in [5.41, 5.74) is 1.77. The van der Waals surface area contributed by atoms with Gasteiger partial charge in [0.05, 0.1) is 13.2 Å². The zero-order valence-corrected chi connectivity index (χ0v) is 13.1. The van der Waals surface area contributed by atoms with Gasteiger partial charge in [-0.2, -0.15) is 5.26 Å². The van der Waals surface area contributed by atoms with Crippen LogP contribution in [-0.2, 0) is 17.3 Å². The van der Waals surface area contributed by atoms with Gasteiger partial charge in [-0.15, -0.1) is 0 Å². The van der Waals surface area contributed by atoms with Gasteiger partial charge in [-0.05, 0) is 49.7 Å². The third-order valence-electron chi connectivity index (χ3n) is 3.41. The first-order valence-electron chi connectivity index (χ1n) is 6.65. The van der Waals surface area contributed by atoms with E-state index in [9.17, 15) is 5.26 Å². The van der Waals surface area contributed by atoms with Gasteiger partial charge in [0.2, 0.25) is 0 Å². The van der Waals surface area contributed by atoms with Crippen molar-refractivity contribution in [2.45, 2.75) is 44.5 Å². The van der Waals surface area contributed by atoms with Crippen LogP contribution in [0.1, 0.15) is 17.5 Å². The molecular weight excluding hydrogens is 254 g/mol. The molecule has 0 spiro atoms. The second-order valence-electron chi connectivity index (χ2n) is 6.10. The number of nitriles is 1. The highest BCUT2D eigenvalue weighted by atomic mass is 28.4. The summed E-state index contributed by atoms with van der Waals surface area (Å²) in [6.07, 6.45) is 2.26. The number of hydrogen-bond acceptors (Lipinski definition) is 3. The molecule has 1 aromatic carbocycles. The summed E-state index contributed by atoms with van der Waals surface area (Å²) in [7, 11) is -0.0401. The molecule has 2 rings (SSSR count). The lowest BCUT2D eigenvalue weighted by Gasteiger charge is -2.37. The molecule has 1 aromatic rings. The van der Waals surface area contributed by atoms with E-state index in [4.69, 9.17) is 9.16 Å². The smallest absolute Gasteiger partial charge is 0.185 e. The van der Waals surface area contributed by atoms with Crippen molar-refractivity contribution in [3.63, 3.8) is 0 Å². The molecule has 0 amide bonds. The lowest BCUT2D eigenvalue weighted by molar-refractivity contribution is 0.103. The van der Waals surface area contributed by atoms with Crippen LogP contribution in [0.3, 0.4) is 0 Å². The molecule has 1 atom stereocenters. The van der Waals surface area contributed by atoms with Gasteiger partial charge in [0, 0.05) is 6.42 Å². The number of fused-ring (bicyclic) bond motifs is 1. The molecule has 0 aromatic heterocycles. The maximum atomic E-state index is 9.57. The standard InChI is InChI=1S/C15H21NO2Si/c1-17-14-7-5-6-12-10-15(11-16,9-8-13(12)14)18-19(2,3)4/h5-7H,8-10H2,1-4H3. The first-order valence-corrected chi connectivity index (χ1v) is 10.1. The van der Waals surface area contributed by atoms with Crippen molar-refractivity contribution in [1.29, 1.82) is 5.26 Å². The van der Waals surface area contributed by atoms with Gasteiger partial charge >= 0.3 is 0 Å². The third kappa shape index (κ3) is 2.99. The first kappa shape index (κ1) is 14.1. The average molecular weight is 275 g/mol. The molecule has 0 aliphatic heterocycles. The highest BCUT2D eigenvalue weighted by molar-refractivity contribution is 6.69. The summed E-state index contributed by atoms with van der Waals surface area (Å²) >= 11 is 0. The Labute approximate surface area is 116 Å². The van der Waals surface area contributed by atoms with Crippen LogP contribution in [0, 0.1) is 11.3 Å². The maximum Gasteiger partial charge on any atom is 0.185 e. The molecule has 0 N–H and O–H groups in total. The van der Waals surface area contributed by atoms with Gasteiger partial charge in [-0.3, -0.25) is 0 Å². The number of benzene rings is 1. The molecule has 102 valence electrons. The van der Waals surface area contributed by atoms with Crippen LogP contribution in [-0.4, -0.2) is 21.0 Å². The third-order valence-corrected chi connectivity index (χ3v) is 4.41. The van der Waals surface area contributed by atoms with E-state index in [0.29, 0.717) is 6.42 Å². The zero-order chi connectivity index (χ0) is 14.1. The molecule has 0 saturated carbocycles. The molecule has 1 aliphatic rings. The van der Waals surface area contributed by atoms with Crippen molar-refractivity contribution in [2.75, 3.05) is 7.11 Å². The number of rotatable bonds is 3. The van der Waals surface area contributed by atoms with Crippen molar-refractivity contribution in [2.24, 2.45) is 0 Å². The highest BCUT2D eigenvalue weighted by Crippen LogP contribution is 2.37. The monoisotopic (exact) mass is 275 g/mol. The normalized spacial score (nSPS) is 22.5. The first-order chi connectivity index (χ1) is 8.89. The fourth-order valence-corrected chi connectivity index (χ4v) is 4.16. The van der Waals surface area contributed by atoms with Crippen LogP contribution >= 0.6 is 0 Å². The molecule has 1 unspecified atom stereocenters. The topological polar surface area (TPSA) is 42.2 Å². The van der Waals surface area contributed by atoms with Crippen LogP contribution in [0.4, 0.5) is 0 Å². The van der Waals surface area contributed by atoms with Gasteiger partial charge in [0.15, 0.2) is 8.32 Å². The summed E-state index contributed by atoms with van der Waals surface area (Å²) in [4.78, 5) is 0. The van der Waals surface area contributed by atoms with Crippen LogP contribution in [0.5, 0.6) is 5.75 Å². The number of methoxy groups -OCH3 is 1. The van der Waals surface area contributed by atoms with Gasteiger partial charge in [-0.25, -0.2) is 0 Å². The molecule has 3 nitrogen and oxygen atoms in total. The van der Waals surface area contributed by atoms with Gasteiger partial charge in [0.25, 0.3) is 0 Å². The average Bonchev–Trinajstić information content (AvgIpc) is 2.35. The fourth-order valence-electron chi connectivity index (χ4n) is 2.77. The number of nitrogens with zero attached hydrogens (tertiary/aromatic N) is 1. The minimum atomic E-state index is -1.73. The van der Waals surface area contributed by atoms with E-state index in [1.54, 1.807) is 7.11 Å². The van der Waals surface area contributed by atoms with E-state index >= 15 is 0 Å². The molecular formula is C15H21NO2Si. The molecule has 0 radical (unpaired) electrons.